The minimum absolute atomic E-state index is 0.0235. The summed E-state index contributed by atoms with van der Waals surface area (Å²) in [5, 5.41) is 12.1. The van der Waals surface area contributed by atoms with Crippen molar-refractivity contribution in [2.75, 3.05) is 23.6 Å². The van der Waals surface area contributed by atoms with Crippen LogP contribution < -0.4 is 19.7 Å². The van der Waals surface area contributed by atoms with Gasteiger partial charge in [-0.25, -0.2) is 9.69 Å². The van der Waals surface area contributed by atoms with E-state index in [1.165, 1.54) is 36.0 Å². The van der Waals surface area contributed by atoms with E-state index in [2.05, 4.69) is 10.3 Å². The highest BCUT2D eigenvalue weighted by atomic mass is 32.2. The number of carbonyl (C=O) groups excluding carboxylic acids is 2. The summed E-state index contributed by atoms with van der Waals surface area (Å²) >= 11 is 1.18. The summed E-state index contributed by atoms with van der Waals surface area (Å²) in [6, 6.07) is 11.0. The number of carbonyl (C=O) groups is 3. The van der Waals surface area contributed by atoms with E-state index in [0.29, 0.717) is 28.9 Å². The standard InChI is InChI=1S/C21H19N3O6S/c1-2-22-21(23-13-5-8-15-16(9-13)30-11-29-15)31-17-10-18(25)24(19(17)26)14-6-3-12(4-7-14)20(27)28/h3-9,17H,2,10-11H2,1H3,(H,22,23)(H,27,28). The second kappa shape index (κ2) is 8.68. The molecule has 0 aromatic heterocycles. The molecule has 0 bridgehead atoms. The summed E-state index contributed by atoms with van der Waals surface area (Å²) in [5.41, 5.74) is 1.15. The van der Waals surface area contributed by atoms with Crippen LogP contribution in [0.4, 0.5) is 11.4 Å². The van der Waals surface area contributed by atoms with Gasteiger partial charge in [0.15, 0.2) is 16.7 Å². The molecule has 1 unspecified atom stereocenters. The Hall–Kier alpha value is -3.53. The largest absolute Gasteiger partial charge is 0.478 e. The fourth-order valence-corrected chi connectivity index (χ4v) is 4.28. The fraction of sp³-hybridized carbons (Fsp3) is 0.238. The van der Waals surface area contributed by atoms with E-state index in [4.69, 9.17) is 14.6 Å². The Kier molecular flexibility index (Phi) is 5.81. The van der Waals surface area contributed by atoms with Gasteiger partial charge < -0.3 is 19.9 Å². The number of ether oxygens (including phenoxy) is 2. The van der Waals surface area contributed by atoms with E-state index in [1.807, 2.05) is 13.0 Å². The van der Waals surface area contributed by atoms with Gasteiger partial charge in [0.1, 0.15) is 5.25 Å². The first-order valence-corrected chi connectivity index (χ1v) is 10.4. The molecule has 2 N–H and O–H groups in total. The number of benzene rings is 2. The Labute approximate surface area is 182 Å². The van der Waals surface area contributed by atoms with E-state index in [1.54, 1.807) is 12.1 Å². The highest BCUT2D eigenvalue weighted by molar-refractivity contribution is 8.15. The maximum Gasteiger partial charge on any atom is 0.335 e. The number of hydrogen-bond acceptors (Lipinski definition) is 7. The van der Waals surface area contributed by atoms with Crippen LogP contribution in [0.25, 0.3) is 0 Å². The maximum atomic E-state index is 12.9. The molecule has 2 amide bonds. The summed E-state index contributed by atoms with van der Waals surface area (Å²) in [4.78, 5) is 42.0. The van der Waals surface area contributed by atoms with Gasteiger partial charge in [-0.1, -0.05) is 11.8 Å². The van der Waals surface area contributed by atoms with Crippen LogP contribution in [0, 0.1) is 0 Å². The quantitative estimate of drug-likeness (QED) is 0.413. The molecule has 0 saturated carbocycles. The second-order valence-electron chi connectivity index (χ2n) is 6.70. The Morgan fingerprint density at radius 1 is 1.19 bits per heavy atom. The lowest BCUT2D eigenvalue weighted by molar-refractivity contribution is -0.121. The number of imide groups is 1. The molecular formula is C21H19N3O6S. The second-order valence-corrected chi connectivity index (χ2v) is 7.89. The summed E-state index contributed by atoms with van der Waals surface area (Å²) in [6.07, 6.45) is 0.0235. The molecule has 2 aromatic rings. The van der Waals surface area contributed by atoms with Gasteiger partial charge >= 0.3 is 5.97 Å². The predicted octanol–water partition coefficient (Wildman–Crippen LogP) is 2.97. The minimum atomic E-state index is -1.07. The fourth-order valence-electron chi connectivity index (χ4n) is 3.20. The lowest BCUT2D eigenvalue weighted by atomic mass is 10.2. The molecule has 160 valence electrons. The van der Waals surface area contributed by atoms with Crippen LogP contribution in [-0.2, 0) is 9.59 Å². The van der Waals surface area contributed by atoms with Crippen molar-refractivity contribution in [2.24, 2.45) is 4.99 Å². The van der Waals surface area contributed by atoms with Crippen molar-refractivity contribution >= 4 is 46.1 Å². The number of amides is 2. The highest BCUT2D eigenvalue weighted by Crippen LogP contribution is 2.35. The monoisotopic (exact) mass is 441 g/mol. The molecule has 0 aliphatic carbocycles. The molecular weight excluding hydrogens is 422 g/mol. The lowest BCUT2D eigenvalue weighted by Gasteiger charge is -2.16. The number of fused-ring (bicyclic) bond motifs is 1. The van der Waals surface area contributed by atoms with E-state index in [9.17, 15) is 14.4 Å². The Morgan fingerprint density at radius 2 is 1.94 bits per heavy atom. The molecule has 2 aliphatic heterocycles. The van der Waals surface area contributed by atoms with Gasteiger partial charge in [0.25, 0.3) is 0 Å². The molecule has 1 fully saturated rings. The average Bonchev–Trinajstić information content (AvgIpc) is 3.32. The van der Waals surface area contributed by atoms with Crippen molar-refractivity contribution in [3.63, 3.8) is 0 Å². The van der Waals surface area contributed by atoms with Crippen LogP contribution in [0.3, 0.4) is 0 Å². The van der Waals surface area contributed by atoms with Crippen LogP contribution in [-0.4, -0.2) is 46.6 Å². The van der Waals surface area contributed by atoms with Gasteiger partial charge in [-0.15, -0.1) is 0 Å². The first kappa shape index (κ1) is 20.7. The van der Waals surface area contributed by atoms with Crippen LogP contribution >= 0.6 is 11.8 Å². The topological polar surface area (TPSA) is 118 Å². The molecule has 9 nitrogen and oxygen atoms in total. The van der Waals surface area contributed by atoms with E-state index in [-0.39, 0.29) is 30.6 Å². The molecule has 31 heavy (non-hydrogen) atoms. The first-order valence-electron chi connectivity index (χ1n) is 9.54. The number of aliphatic imine (C=N–C) groups is 1. The number of thioether (sulfide) groups is 1. The van der Waals surface area contributed by atoms with Gasteiger partial charge in [0, 0.05) is 24.7 Å². The van der Waals surface area contributed by atoms with Crippen molar-refractivity contribution in [3.05, 3.63) is 48.0 Å². The minimum Gasteiger partial charge on any atom is -0.478 e. The number of aromatic carboxylic acids is 1. The van der Waals surface area contributed by atoms with Crippen molar-refractivity contribution in [1.82, 2.24) is 0 Å². The van der Waals surface area contributed by atoms with Crippen LogP contribution in [0.2, 0.25) is 0 Å². The number of nitrogens with zero attached hydrogens (tertiary/aromatic N) is 2. The Morgan fingerprint density at radius 3 is 2.65 bits per heavy atom. The number of amidine groups is 1. The number of carboxylic acids is 1. The highest BCUT2D eigenvalue weighted by Gasteiger charge is 2.40. The van der Waals surface area contributed by atoms with E-state index < -0.39 is 11.2 Å². The average molecular weight is 441 g/mol. The molecule has 2 aliphatic rings. The molecule has 2 aromatic carbocycles. The van der Waals surface area contributed by atoms with Crippen molar-refractivity contribution in [2.45, 2.75) is 18.6 Å². The van der Waals surface area contributed by atoms with Crippen molar-refractivity contribution in [1.29, 1.82) is 0 Å². The third-order valence-corrected chi connectivity index (χ3v) is 5.76. The van der Waals surface area contributed by atoms with E-state index in [0.717, 1.165) is 10.6 Å². The van der Waals surface area contributed by atoms with Crippen LogP contribution in [0.1, 0.15) is 23.7 Å². The molecule has 4 rings (SSSR count). The van der Waals surface area contributed by atoms with Crippen molar-refractivity contribution < 1.29 is 29.0 Å². The van der Waals surface area contributed by atoms with Crippen molar-refractivity contribution in [3.8, 4) is 11.5 Å². The SMILES string of the molecule is CCN=C(Nc1ccc2c(c1)OCO2)SC1CC(=O)N(c2ccc(C(=O)O)cc2)C1=O. The zero-order valence-corrected chi connectivity index (χ0v) is 17.3. The maximum absolute atomic E-state index is 12.9. The molecule has 0 radical (unpaired) electrons. The van der Waals surface area contributed by atoms with Crippen LogP contribution in [0.15, 0.2) is 47.5 Å². The number of nitrogens with one attached hydrogen (secondary N) is 1. The van der Waals surface area contributed by atoms with Gasteiger partial charge in [-0.05, 0) is 43.3 Å². The third kappa shape index (κ3) is 4.33. The summed E-state index contributed by atoms with van der Waals surface area (Å²) in [5.74, 6) is -0.504. The van der Waals surface area contributed by atoms with Gasteiger partial charge in [0.2, 0.25) is 18.6 Å². The molecule has 0 spiro atoms. The van der Waals surface area contributed by atoms with Gasteiger partial charge in [-0.3, -0.25) is 14.6 Å². The molecule has 10 heteroatoms. The van der Waals surface area contributed by atoms with Gasteiger partial charge in [-0.2, -0.15) is 0 Å². The zero-order valence-electron chi connectivity index (χ0n) is 16.5. The predicted molar refractivity (Wildman–Crippen MR) is 116 cm³/mol. The number of anilines is 2. The third-order valence-electron chi connectivity index (χ3n) is 4.66. The number of hydrogen-bond donors (Lipinski definition) is 2. The summed E-state index contributed by atoms with van der Waals surface area (Å²) in [7, 11) is 0. The van der Waals surface area contributed by atoms with Gasteiger partial charge in [0.05, 0.1) is 11.3 Å². The zero-order chi connectivity index (χ0) is 22.0. The van der Waals surface area contributed by atoms with E-state index >= 15 is 0 Å². The van der Waals surface area contributed by atoms with Crippen LogP contribution in [0.5, 0.6) is 11.5 Å². The smallest absolute Gasteiger partial charge is 0.335 e. The normalized spacial score (nSPS) is 17.9. The number of rotatable bonds is 5. The Balaban J connectivity index is 1.48. The summed E-state index contributed by atoms with van der Waals surface area (Å²) in [6.45, 7) is 2.54. The molecule has 1 saturated heterocycles. The first-order chi connectivity index (χ1) is 15.0. The lowest BCUT2D eigenvalue weighted by Crippen LogP contribution is -2.31. The Bertz CT molecular complexity index is 1070. The number of carboxylic acid groups (broad SMARTS) is 1. The summed E-state index contributed by atoms with van der Waals surface area (Å²) < 4.78 is 10.7. The molecule has 2 heterocycles. The molecule has 1 atom stereocenters.